The maximum absolute atomic E-state index is 14.6. The van der Waals surface area contributed by atoms with Gasteiger partial charge in [0.15, 0.2) is 0 Å². The Kier molecular flexibility index (Phi) is 5.17. The molecule has 0 aliphatic rings. The van der Waals surface area contributed by atoms with Crippen LogP contribution in [-0.2, 0) is 6.42 Å². The molecule has 0 aliphatic carbocycles. The summed E-state index contributed by atoms with van der Waals surface area (Å²) < 4.78 is 14.6. The summed E-state index contributed by atoms with van der Waals surface area (Å²) in [4.78, 5) is 0.896. The van der Waals surface area contributed by atoms with Crippen molar-refractivity contribution in [2.24, 2.45) is 0 Å². The Hall–Kier alpha value is -2.32. The standard InChI is InChI=1S/C22H19FS/c1-2-3-4-16-5-7-18(8-6-16)21-14-11-19(15-22(21)23)17-9-12-20(24)13-10-17/h2,5-15,24H,1,3-4H2. The minimum atomic E-state index is -0.207. The Morgan fingerprint density at radius 2 is 1.46 bits per heavy atom. The van der Waals surface area contributed by atoms with Crippen LogP contribution in [-0.4, -0.2) is 0 Å². The maximum Gasteiger partial charge on any atom is 0.131 e. The van der Waals surface area contributed by atoms with E-state index in [1.54, 1.807) is 6.07 Å². The second-order valence-corrected chi connectivity index (χ2v) is 6.28. The van der Waals surface area contributed by atoms with Gasteiger partial charge >= 0.3 is 0 Å². The first kappa shape index (κ1) is 16.5. The van der Waals surface area contributed by atoms with Gasteiger partial charge in [-0.2, -0.15) is 0 Å². The van der Waals surface area contributed by atoms with Gasteiger partial charge in [0.25, 0.3) is 0 Å². The molecule has 0 saturated carbocycles. The van der Waals surface area contributed by atoms with E-state index in [2.05, 4.69) is 31.3 Å². The third-order valence-corrected chi connectivity index (χ3v) is 4.37. The molecule has 0 heterocycles. The predicted molar refractivity (Wildman–Crippen MR) is 103 cm³/mol. The molecule has 0 unspecified atom stereocenters. The number of benzene rings is 3. The summed E-state index contributed by atoms with van der Waals surface area (Å²) in [6.45, 7) is 3.74. The Balaban J connectivity index is 1.87. The molecule has 0 atom stereocenters. The lowest BCUT2D eigenvalue weighted by Crippen LogP contribution is -1.88. The largest absolute Gasteiger partial charge is 0.206 e. The van der Waals surface area contributed by atoms with E-state index in [4.69, 9.17) is 0 Å². The highest BCUT2D eigenvalue weighted by atomic mass is 32.1. The van der Waals surface area contributed by atoms with Crippen LogP contribution >= 0.6 is 12.6 Å². The molecule has 0 spiro atoms. The second kappa shape index (κ2) is 7.50. The molecular weight excluding hydrogens is 315 g/mol. The summed E-state index contributed by atoms with van der Waals surface area (Å²) in [5.74, 6) is -0.207. The van der Waals surface area contributed by atoms with Crippen LogP contribution < -0.4 is 0 Å². The van der Waals surface area contributed by atoms with Crippen molar-refractivity contribution >= 4 is 12.6 Å². The van der Waals surface area contributed by atoms with Gasteiger partial charge in [-0.3, -0.25) is 0 Å². The highest BCUT2D eigenvalue weighted by Gasteiger charge is 2.07. The number of hydrogen-bond acceptors (Lipinski definition) is 1. The van der Waals surface area contributed by atoms with Gasteiger partial charge in [-0.25, -0.2) is 4.39 Å². The van der Waals surface area contributed by atoms with Gasteiger partial charge in [0.2, 0.25) is 0 Å². The number of halogens is 1. The summed E-state index contributed by atoms with van der Waals surface area (Å²) in [6, 6.07) is 21.2. The SMILES string of the molecule is C=CCCc1ccc(-c2ccc(-c3ccc(S)cc3)cc2F)cc1. The fourth-order valence-electron chi connectivity index (χ4n) is 2.70. The summed E-state index contributed by atoms with van der Waals surface area (Å²) in [5, 5.41) is 0. The lowest BCUT2D eigenvalue weighted by molar-refractivity contribution is 0.632. The van der Waals surface area contributed by atoms with E-state index in [-0.39, 0.29) is 5.82 Å². The van der Waals surface area contributed by atoms with Crippen LogP contribution in [0.1, 0.15) is 12.0 Å². The lowest BCUT2D eigenvalue weighted by atomic mass is 9.98. The Morgan fingerprint density at radius 3 is 2.08 bits per heavy atom. The minimum absolute atomic E-state index is 0.207. The molecule has 0 bridgehead atoms. The average molecular weight is 334 g/mol. The maximum atomic E-state index is 14.6. The fourth-order valence-corrected chi connectivity index (χ4v) is 2.85. The summed E-state index contributed by atoms with van der Waals surface area (Å²) in [6.07, 6.45) is 3.83. The van der Waals surface area contributed by atoms with Crippen LogP contribution in [0.3, 0.4) is 0 Å². The Labute approximate surface area is 148 Å². The van der Waals surface area contributed by atoms with Gasteiger partial charge < -0.3 is 0 Å². The van der Waals surface area contributed by atoms with E-state index in [0.717, 1.165) is 34.4 Å². The molecule has 3 aromatic carbocycles. The van der Waals surface area contributed by atoms with Crippen molar-refractivity contribution in [3.63, 3.8) is 0 Å². The molecule has 3 rings (SSSR count). The predicted octanol–water partition coefficient (Wildman–Crippen LogP) is 6.57. The molecule has 0 aliphatic heterocycles. The van der Waals surface area contributed by atoms with Crippen molar-refractivity contribution in [1.82, 2.24) is 0 Å². The molecule has 2 heteroatoms. The fraction of sp³-hybridized carbons (Fsp3) is 0.0909. The zero-order valence-electron chi connectivity index (χ0n) is 13.4. The monoisotopic (exact) mass is 334 g/mol. The third-order valence-electron chi connectivity index (χ3n) is 4.07. The highest BCUT2D eigenvalue weighted by Crippen LogP contribution is 2.28. The van der Waals surface area contributed by atoms with E-state index in [0.29, 0.717) is 5.56 Å². The number of rotatable bonds is 5. The first-order chi connectivity index (χ1) is 11.7. The number of hydrogen-bond donors (Lipinski definition) is 1. The molecule has 0 N–H and O–H groups in total. The molecule has 0 saturated heterocycles. The van der Waals surface area contributed by atoms with Crippen molar-refractivity contribution in [3.05, 3.63) is 90.8 Å². The van der Waals surface area contributed by atoms with Crippen LogP contribution in [0.2, 0.25) is 0 Å². The minimum Gasteiger partial charge on any atom is -0.206 e. The number of thiol groups is 1. The first-order valence-electron chi connectivity index (χ1n) is 7.96. The third kappa shape index (κ3) is 3.77. The quantitative estimate of drug-likeness (QED) is 0.396. The molecular formula is C22H19FS. The zero-order chi connectivity index (χ0) is 16.9. The molecule has 0 nitrogen and oxygen atoms in total. The highest BCUT2D eigenvalue weighted by molar-refractivity contribution is 7.80. The van der Waals surface area contributed by atoms with Gasteiger partial charge in [-0.1, -0.05) is 54.6 Å². The zero-order valence-corrected chi connectivity index (χ0v) is 14.3. The van der Waals surface area contributed by atoms with Crippen LogP contribution in [0, 0.1) is 5.82 Å². The first-order valence-corrected chi connectivity index (χ1v) is 8.41. The normalized spacial score (nSPS) is 10.6. The Morgan fingerprint density at radius 1 is 0.833 bits per heavy atom. The summed E-state index contributed by atoms with van der Waals surface area (Å²) >= 11 is 4.28. The summed E-state index contributed by atoms with van der Waals surface area (Å²) in [7, 11) is 0. The summed E-state index contributed by atoms with van der Waals surface area (Å²) in [5.41, 5.74) is 4.61. The second-order valence-electron chi connectivity index (χ2n) is 5.77. The van der Waals surface area contributed by atoms with Gasteiger partial charge in [-0.15, -0.1) is 19.2 Å². The van der Waals surface area contributed by atoms with Gasteiger partial charge in [-0.05, 0) is 53.3 Å². The van der Waals surface area contributed by atoms with Crippen LogP contribution in [0.25, 0.3) is 22.3 Å². The molecule has 24 heavy (non-hydrogen) atoms. The van der Waals surface area contributed by atoms with Crippen molar-refractivity contribution in [2.45, 2.75) is 17.7 Å². The topological polar surface area (TPSA) is 0 Å². The van der Waals surface area contributed by atoms with E-state index in [1.807, 2.05) is 54.6 Å². The van der Waals surface area contributed by atoms with E-state index in [9.17, 15) is 4.39 Å². The molecule has 120 valence electrons. The average Bonchev–Trinajstić information content (AvgIpc) is 2.61. The number of aryl methyl sites for hydroxylation is 1. The van der Waals surface area contributed by atoms with Crippen LogP contribution in [0.4, 0.5) is 4.39 Å². The number of allylic oxidation sites excluding steroid dienone is 1. The van der Waals surface area contributed by atoms with Crippen molar-refractivity contribution in [1.29, 1.82) is 0 Å². The van der Waals surface area contributed by atoms with E-state index < -0.39 is 0 Å². The van der Waals surface area contributed by atoms with Crippen molar-refractivity contribution in [3.8, 4) is 22.3 Å². The molecule has 0 fully saturated rings. The lowest BCUT2D eigenvalue weighted by Gasteiger charge is -2.08. The van der Waals surface area contributed by atoms with Crippen molar-refractivity contribution < 1.29 is 4.39 Å². The molecule has 0 radical (unpaired) electrons. The van der Waals surface area contributed by atoms with E-state index in [1.165, 1.54) is 5.56 Å². The van der Waals surface area contributed by atoms with Gasteiger partial charge in [0.1, 0.15) is 5.82 Å². The molecule has 3 aromatic rings. The molecule has 0 aromatic heterocycles. The van der Waals surface area contributed by atoms with Gasteiger partial charge in [0.05, 0.1) is 0 Å². The smallest absolute Gasteiger partial charge is 0.131 e. The van der Waals surface area contributed by atoms with Crippen LogP contribution in [0.15, 0.2) is 84.3 Å². The van der Waals surface area contributed by atoms with Crippen LogP contribution in [0.5, 0.6) is 0 Å². The van der Waals surface area contributed by atoms with Crippen molar-refractivity contribution in [2.75, 3.05) is 0 Å². The van der Waals surface area contributed by atoms with E-state index >= 15 is 0 Å². The van der Waals surface area contributed by atoms with Gasteiger partial charge in [0, 0.05) is 10.5 Å². The Bertz CT molecular complexity index is 833. The molecule has 0 amide bonds.